The Morgan fingerprint density at radius 2 is 1.85 bits per heavy atom. The van der Waals surface area contributed by atoms with Gasteiger partial charge in [0, 0.05) is 11.6 Å². The van der Waals surface area contributed by atoms with E-state index in [-0.39, 0.29) is 17.6 Å². The summed E-state index contributed by atoms with van der Waals surface area (Å²) in [5.74, 6) is -1.65. The van der Waals surface area contributed by atoms with Gasteiger partial charge in [-0.05, 0) is 30.7 Å². The van der Waals surface area contributed by atoms with Gasteiger partial charge in [0.15, 0.2) is 0 Å². The van der Waals surface area contributed by atoms with Crippen molar-refractivity contribution in [1.29, 1.82) is 0 Å². The van der Waals surface area contributed by atoms with E-state index in [2.05, 4.69) is 10.3 Å². The van der Waals surface area contributed by atoms with E-state index in [0.29, 0.717) is 10.6 Å². The Kier molecular flexibility index (Phi) is 4.91. The lowest BCUT2D eigenvalue weighted by Crippen LogP contribution is -2.32. The van der Waals surface area contributed by atoms with Crippen molar-refractivity contribution in [3.05, 3.63) is 64.9 Å². The molecule has 0 unspecified atom stereocenters. The Labute approximate surface area is 152 Å². The Bertz CT molecular complexity index is 952. The van der Waals surface area contributed by atoms with Gasteiger partial charge in [0.2, 0.25) is 11.7 Å². The van der Waals surface area contributed by atoms with E-state index in [4.69, 9.17) is 11.6 Å². The van der Waals surface area contributed by atoms with E-state index in [1.165, 1.54) is 19.1 Å². The maximum absolute atomic E-state index is 13.4. The normalized spacial score (nSPS) is 13.0. The molecule has 4 nitrogen and oxygen atoms in total. The minimum absolute atomic E-state index is 0.122. The van der Waals surface area contributed by atoms with Crippen LogP contribution < -0.4 is 5.32 Å². The molecule has 1 aromatic heterocycles. The number of hydrogen-bond donors (Lipinski definition) is 1. The summed E-state index contributed by atoms with van der Waals surface area (Å²) in [5.41, 5.74) is 1.12. The molecule has 0 radical (unpaired) electrons. The van der Waals surface area contributed by atoms with Gasteiger partial charge in [-0.3, -0.25) is 4.79 Å². The predicted octanol–water partition coefficient (Wildman–Crippen LogP) is 4.59. The molecule has 0 aliphatic heterocycles. The Morgan fingerprint density at radius 3 is 2.54 bits per heavy atom. The van der Waals surface area contributed by atoms with Crippen LogP contribution in [0.3, 0.4) is 0 Å². The first-order chi connectivity index (χ1) is 12.3. The number of nitrogens with one attached hydrogen (secondary N) is 1. The number of amides is 1. The minimum Gasteiger partial charge on any atom is -0.350 e. The number of para-hydroxylation sites is 2. The number of benzene rings is 2. The van der Waals surface area contributed by atoms with E-state index < -0.39 is 23.9 Å². The van der Waals surface area contributed by atoms with Crippen LogP contribution in [0.15, 0.2) is 48.5 Å². The minimum atomic E-state index is -4.67. The van der Waals surface area contributed by atoms with Crippen molar-refractivity contribution in [3.63, 3.8) is 0 Å². The highest BCUT2D eigenvalue weighted by molar-refractivity contribution is 6.31. The molecule has 0 spiro atoms. The summed E-state index contributed by atoms with van der Waals surface area (Å²) in [6.45, 7) is 1.53. The van der Waals surface area contributed by atoms with Gasteiger partial charge in [-0.1, -0.05) is 41.9 Å². The molecule has 136 valence electrons. The quantitative estimate of drug-likeness (QED) is 0.718. The summed E-state index contributed by atoms with van der Waals surface area (Å²) in [4.78, 5) is 16.1. The first-order valence-corrected chi connectivity index (χ1v) is 8.22. The van der Waals surface area contributed by atoms with Crippen LogP contribution in [0.5, 0.6) is 0 Å². The molecule has 1 amide bonds. The molecule has 2 aromatic carbocycles. The number of nitrogens with zero attached hydrogens (tertiary/aromatic N) is 2. The second-order valence-corrected chi connectivity index (χ2v) is 6.18. The molecule has 0 aliphatic carbocycles. The summed E-state index contributed by atoms with van der Waals surface area (Å²) in [6.07, 6.45) is -4.67. The average Bonchev–Trinajstić information content (AvgIpc) is 3.00. The number of hydrogen-bond acceptors (Lipinski definition) is 2. The summed E-state index contributed by atoms with van der Waals surface area (Å²) in [7, 11) is 0. The summed E-state index contributed by atoms with van der Waals surface area (Å²) >= 11 is 6.03. The maximum atomic E-state index is 13.4. The number of imidazole rings is 1. The molecule has 3 rings (SSSR count). The van der Waals surface area contributed by atoms with Gasteiger partial charge in [-0.15, -0.1) is 0 Å². The van der Waals surface area contributed by atoms with Crippen LogP contribution in [0.2, 0.25) is 5.02 Å². The van der Waals surface area contributed by atoms with Crippen LogP contribution in [0.4, 0.5) is 13.2 Å². The fraction of sp³-hybridized carbons (Fsp3) is 0.222. The smallest absolute Gasteiger partial charge is 0.350 e. The van der Waals surface area contributed by atoms with E-state index in [0.717, 1.165) is 4.57 Å². The molecule has 0 saturated carbocycles. The van der Waals surface area contributed by atoms with E-state index in [1.54, 1.807) is 36.4 Å². The number of halogens is 4. The van der Waals surface area contributed by atoms with Crippen LogP contribution in [0.25, 0.3) is 11.0 Å². The van der Waals surface area contributed by atoms with Crippen LogP contribution in [-0.2, 0) is 17.5 Å². The van der Waals surface area contributed by atoms with E-state index >= 15 is 0 Å². The second-order valence-electron chi connectivity index (χ2n) is 5.78. The molecular weight excluding hydrogens is 367 g/mol. The Balaban J connectivity index is 1.90. The van der Waals surface area contributed by atoms with Crippen LogP contribution in [-0.4, -0.2) is 15.5 Å². The largest absolute Gasteiger partial charge is 0.449 e. The first-order valence-electron chi connectivity index (χ1n) is 7.84. The topological polar surface area (TPSA) is 46.9 Å². The van der Waals surface area contributed by atoms with Gasteiger partial charge >= 0.3 is 6.18 Å². The fourth-order valence-corrected chi connectivity index (χ4v) is 2.93. The van der Waals surface area contributed by atoms with Gasteiger partial charge in [0.1, 0.15) is 6.04 Å². The molecule has 0 aliphatic rings. The SMILES string of the molecule is C[C@@H](C(=O)NCc1ccccc1Cl)n1c(C(F)(F)F)nc2ccccc21. The number of alkyl halides is 3. The molecule has 0 fully saturated rings. The molecule has 8 heteroatoms. The van der Waals surface area contributed by atoms with Gasteiger partial charge < -0.3 is 9.88 Å². The number of aromatic nitrogens is 2. The third-order valence-corrected chi connectivity index (χ3v) is 4.40. The van der Waals surface area contributed by atoms with Crippen molar-refractivity contribution < 1.29 is 18.0 Å². The summed E-state index contributed by atoms with van der Waals surface area (Å²) < 4.78 is 41.1. The molecule has 0 bridgehead atoms. The van der Waals surface area contributed by atoms with Crippen LogP contribution in [0.1, 0.15) is 24.4 Å². The lowest BCUT2D eigenvalue weighted by Gasteiger charge is -2.18. The highest BCUT2D eigenvalue weighted by atomic mass is 35.5. The lowest BCUT2D eigenvalue weighted by molar-refractivity contribution is -0.148. The third kappa shape index (κ3) is 3.53. The zero-order chi connectivity index (χ0) is 18.9. The fourth-order valence-electron chi connectivity index (χ4n) is 2.73. The maximum Gasteiger partial charge on any atom is 0.449 e. The van der Waals surface area contributed by atoms with Crippen LogP contribution >= 0.6 is 11.6 Å². The Hall–Kier alpha value is -2.54. The van der Waals surface area contributed by atoms with E-state index in [1.807, 2.05) is 0 Å². The summed E-state index contributed by atoms with van der Waals surface area (Å²) in [5, 5.41) is 3.11. The molecule has 3 aromatic rings. The number of carbonyl (C=O) groups excluding carboxylic acids is 1. The second kappa shape index (κ2) is 6.99. The number of rotatable bonds is 4. The average molecular weight is 382 g/mol. The van der Waals surface area contributed by atoms with Crippen molar-refractivity contribution in [2.24, 2.45) is 0 Å². The highest BCUT2D eigenvalue weighted by Crippen LogP contribution is 2.33. The first kappa shape index (κ1) is 18.3. The van der Waals surface area contributed by atoms with Gasteiger partial charge in [0.25, 0.3) is 0 Å². The molecule has 1 N–H and O–H groups in total. The molecular formula is C18H15ClF3N3O. The molecule has 1 heterocycles. The summed E-state index contributed by atoms with van der Waals surface area (Å²) in [6, 6.07) is 12.0. The van der Waals surface area contributed by atoms with Gasteiger partial charge in [0.05, 0.1) is 11.0 Å². The van der Waals surface area contributed by atoms with Crippen LogP contribution in [0, 0.1) is 0 Å². The highest BCUT2D eigenvalue weighted by Gasteiger charge is 2.39. The number of carbonyl (C=O) groups is 1. The van der Waals surface area contributed by atoms with Crippen molar-refractivity contribution >= 4 is 28.5 Å². The predicted molar refractivity (Wildman–Crippen MR) is 92.7 cm³/mol. The van der Waals surface area contributed by atoms with E-state index in [9.17, 15) is 18.0 Å². The van der Waals surface area contributed by atoms with Crippen molar-refractivity contribution in [2.75, 3.05) is 0 Å². The zero-order valence-corrected chi connectivity index (χ0v) is 14.5. The van der Waals surface area contributed by atoms with Crippen molar-refractivity contribution in [3.8, 4) is 0 Å². The monoisotopic (exact) mass is 381 g/mol. The zero-order valence-electron chi connectivity index (χ0n) is 13.7. The third-order valence-electron chi connectivity index (χ3n) is 4.03. The van der Waals surface area contributed by atoms with Gasteiger partial charge in [-0.25, -0.2) is 4.98 Å². The van der Waals surface area contributed by atoms with Gasteiger partial charge in [-0.2, -0.15) is 13.2 Å². The standard InChI is InChI=1S/C18H15ClF3N3O/c1-11(16(26)23-10-12-6-2-3-7-13(12)19)25-15-9-5-4-8-14(15)24-17(25)18(20,21)22/h2-9,11H,10H2,1H3,(H,23,26)/t11-/m0/s1. The Morgan fingerprint density at radius 1 is 1.19 bits per heavy atom. The van der Waals surface area contributed by atoms with Crippen molar-refractivity contribution in [2.45, 2.75) is 25.7 Å². The van der Waals surface area contributed by atoms with Crippen molar-refractivity contribution in [1.82, 2.24) is 14.9 Å². The molecule has 1 atom stereocenters. The lowest BCUT2D eigenvalue weighted by atomic mass is 10.2. The number of fused-ring (bicyclic) bond motifs is 1. The molecule has 26 heavy (non-hydrogen) atoms. The molecule has 0 saturated heterocycles.